The number of carbonyl (C=O) groups is 2. The fraction of sp³-hybridized carbons (Fsp3) is 0.909. The van der Waals surface area contributed by atoms with E-state index in [4.69, 9.17) is 39.2 Å². The van der Waals surface area contributed by atoms with E-state index in [0.717, 1.165) is 13.8 Å². The molecule has 3 saturated heterocycles. The lowest BCUT2D eigenvalue weighted by Crippen LogP contribution is -2.71. The quantitative estimate of drug-likeness (QED) is 0.0980. The van der Waals surface area contributed by atoms with Gasteiger partial charge in [0.2, 0.25) is 11.8 Å². The molecule has 21 heteroatoms. The summed E-state index contributed by atoms with van der Waals surface area (Å²) in [5, 5.41) is 67.1. The Hall–Kier alpha value is -1.43. The van der Waals surface area contributed by atoms with Crippen LogP contribution < -0.4 is 16.4 Å². The predicted octanol–water partition coefficient (Wildman–Crippen LogP) is -6.17. The summed E-state index contributed by atoms with van der Waals surface area (Å²) >= 11 is 0. The van der Waals surface area contributed by atoms with Crippen molar-refractivity contribution in [1.29, 1.82) is 0 Å². The molecule has 0 aliphatic carbocycles. The van der Waals surface area contributed by atoms with Gasteiger partial charge in [0.05, 0.1) is 25.4 Å². The minimum absolute atomic E-state index is 0.617. The van der Waals surface area contributed by atoms with Gasteiger partial charge in [-0.2, -0.15) is 0 Å². The third kappa shape index (κ3) is 8.85. The van der Waals surface area contributed by atoms with Crippen LogP contribution in [0.1, 0.15) is 20.8 Å². The van der Waals surface area contributed by atoms with Crippen LogP contribution in [0.5, 0.6) is 0 Å². The molecule has 250 valence electrons. The largest absolute Gasteiger partial charge is 0.469 e. The molecule has 0 aromatic heterocycles. The molecule has 15 atom stereocenters. The van der Waals surface area contributed by atoms with E-state index in [2.05, 4.69) is 15.2 Å². The fourth-order valence-corrected chi connectivity index (χ4v) is 5.35. The van der Waals surface area contributed by atoms with Crippen LogP contribution >= 0.6 is 7.82 Å². The first kappa shape index (κ1) is 36.0. The molecule has 0 unspecified atom stereocenters. The van der Waals surface area contributed by atoms with E-state index in [1.165, 1.54) is 6.92 Å². The van der Waals surface area contributed by atoms with Gasteiger partial charge in [-0.3, -0.25) is 14.1 Å². The summed E-state index contributed by atoms with van der Waals surface area (Å²) in [6.07, 6.45) is -19.0. The second-order valence-corrected chi connectivity index (χ2v) is 11.7. The third-order valence-electron chi connectivity index (χ3n) is 7.19. The molecule has 20 nitrogen and oxygen atoms in total. The number of nitrogens with two attached hydrogens (primary N) is 1. The van der Waals surface area contributed by atoms with Crippen molar-refractivity contribution in [3.05, 3.63) is 0 Å². The number of nitrogens with one attached hydrogen (secondary N) is 2. The highest BCUT2D eigenvalue weighted by molar-refractivity contribution is 7.46. The van der Waals surface area contributed by atoms with Crippen LogP contribution in [0.15, 0.2) is 0 Å². The zero-order valence-corrected chi connectivity index (χ0v) is 24.2. The number of rotatable bonds is 10. The van der Waals surface area contributed by atoms with Gasteiger partial charge in [-0.1, -0.05) is 0 Å². The Balaban J connectivity index is 1.88. The van der Waals surface area contributed by atoms with Crippen LogP contribution in [-0.4, -0.2) is 157 Å². The number of aliphatic hydroxyl groups is 6. The number of ether oxygens (including phenoxy) is 5. The highest BCUT2D eigenvalue weighted by Crippen LogP contribution is 2.37. The fourth-order valence-electron chi connectivity index (χ4n) is 5.01. The Morgan fingerprint density at radius 3 is 1.95 bits per heavy atom. The molecule has 3 aliphatic heterocycles. The van der Waals surface area contributed by atoms with Crippen LogP contribution in [0.3, 0.4) is 0 Å². The smallest absolute Gasteiger partial charge is 0.394 e. The van der Waals surface area contributed by atoms with Gasteiger partial charge in [0.1, 0.15) is 60.9 Å². The van der Waals surface area contributed by atoms with E-state index in [9.17, 15) is 44.8 Å². The van der Waals surface area contributed by atoms with Crippen molar-refractivity contribution in [3.8, 4) is 0 Å². The van der Waals surface area contributed by atoms with E-state index in [1.807, 2.05) is 0 Å². The molecule has 0 radical (unpaired) electrons. The monoisotopic (exact) mass is 649 g/mol. The Labute approximate surface area is 245 Å². The van der Waals surface area contributed by atoms with Crippen molar-refractivity contribution in [3.63, 3.8) is 0 Å². The lowest BCUT2D eigenvalue weighted by Gasteiger charge is -2.49. The molecule has 3 rings (SSSR count). The van der Waals surface area contributed by atoms with Gasteiger partial charge in [0, 0.05) is 13.8 Å². The summed E-state index contributed by atoms with van der Waals surface area (Å²) < 4.78 is 43.9. The second-order valence-electron chi connectivity index (χ2n) is 10.5. The van der Waals surface area contributed by atoms with Crippen LogP contribution in [-0.2, 0) is 42.4 Å². The number of phosphoric ester groups is 1. The van der Waals surface area contributed by atoms with Crippen LogP contribution in [0.2, 0.25) is 0 Å². The summed E-state index contributed by atoms with van der Waals surface area (Å²) in [4.78, 5) is 41.8. The van der Waals surface area contributed by atoms with Crippen molar-refractivity contribution in [2.75, 3.05) is 13.2 Å². The summed E-state index contributed by atoms with van der Waals surface area (Å²) in [6.45, 7) is 2.11. The van der Waals surface area contributed by atoms with Gasteiger partial charge in [-0.25, -0.2) is 4.57 Å². The predicted molar refractivity (Wildman–Crippen MR) is 136 cm³/mol. The summed E-state index contributed by atoms with van der Waals surface area (Å²) in [5.74, 6) is -1.26. The Morgan fingerprint density at radius 2 is 1.40 bits per heavy atom. The first-order valence-electron chi connectivity index (χ1n) is 13.2. The number of amides is 2. The molecule has 0 bridgehead atoms. The van der Waals surface area contributed by atoms with E-state index < -0.39 is 125 Å². The first-order valence-corrected chi connectivity index (χ1v) is 14.8. The van der Waals surface area contributed by atoms with Crippen molar-refractivity contribution in [2.24, 2.45) is 5.73 Å². The molecule has 43 heavy (non-hydrogen) atoms. The standard InChI is InChI=1S/C22H40N3O17P/c1-6-11(23)19(42-22-17(32)16(31)14(29)10(40-22)5-37-43(34,35)36)13(25-8(3)28)21(38-6)41-18-9(4-26)39-20(33)12(15(18)30)24-7(2)27/h6,9-22,26,29-33H,4-5,23H2,1-3H3,(H,24,27)(H,25,28)(H2,34,35,36)/t6-,9-,10-,11+,12-,13-,14-,15-,16+,17-,18+,19+,20-,21-,22+/m1/s1. The average Bonchev–Trinajstić information content (AvgIpc) is 2.91. The lowest BCUT2D eigenvalue weighted by atomic mass is 9.93. The third-order valence-corrected chi connectivity index (χ3v) is 7.67. The zero-order chi connectivity index (χ0) is 32.4. The normalized spacial score (nSPS) is 44.0. The molecule has 2 amide bonds. The molecule has 3 fully saturated rings. The van der Waals surface area contributed by atoms with Gasteiger partial charge < -0.3 is 80.5 Å². The maximum absolute atomic E-state index is 12.2. The van der Waals surface area contributed by atoms with Crippen molar-refractivity contribution in [1.82, 2.24) is 10.6 Å². The molecule has 0 saturated carbocycles. The average molecular weight is 650 g/mol. The Kier molecular flexibility index (Phi) is 12.4. The van der Waals surface area contributed by atoms with Crippen molar-refractivity contribution >= 4 is 19.6 Å². The molecule has 3 heterocycles. The molecular weight excluding hydrogens is 609 g/mol. The number of hydrogen-bond donors (Lipinski definition) is 11. The summed E-state index contributed by atoms with van der Waals surface area (Å²) in [7, 11) is -5.01. The van der Waals surface area contributed by atoms with Gasteiger partial charge in [-0.15, -0.1) is 0 Å². The van der Waals surface area contributed by atoms with E-state index in [0.29, 0.717) is 0 Å². The van der Waals surface area contributed by atoms with Gasteiger partial charge >= 0.3 is 7.82 Å². The van der Waals surface area contributed by atoms with Crippen LogP contribution in [0, 0.1) is 0 Å². The van der Waals surface area contributed by atoms with Gasteiger partial charge in [0.15, 0.2) is 18.9 Å². The van der Waals surface area contributed by atoms with Gasteiger partial charge in [-0.05, 0) is 6.92 Å². The Bertz CT molecular complexity index is 1010. The van der Waals surface area contributed by atoms with E-state index in [-0.39, 0.29) is 0 Å². The summed E-state index contributed by atoms with van der Waals surface area (Å²) in [6, 6.07) is -3.81. The number of hydrogen-bond acceptors (Lipinski definition) is 16. The van der Waals surface area contributed by atoms with Crippen molar-refractivity contribution in [2.45, 2.75) is 113 Å². The minimum Gasteiger partial charge on any atom is -0.394 e. The maximum atomic E-state index is 12.2. The van der Waals surface area contributed by atoms with E-state index in [1.54, 1.807) is 0 Å². The Morgan fingerprint density at radius 1 is 0.814 bits per heavy atom. The number of aliphatic hydroxyl groups excluding tert-OH is 6. The number of carbonyl (C=O) groups excluding carboxylic acids is 2. The lowest BCUT2D eigenvalue weighted by molar-refractivity contribution is -0.344. The second kappa shape index (κ2) is 14.8. The minimum atomic E-state index is -5.01. The zero-order valence-electron chi connectivity index (χ0n) is 23.4. The number of phosphoric acid groups is 1. The maximum Gasteiger partial charge on any atom is 0.469 e. The molecule has 0 spiro atoms. The molecule has 12 N–H and O–H groups in total. The molecule has 0 aromatic carbocycles. The van der Waals surface area contributed by atoms with Crippen LogP contribution in [0.25, 0.3) is 0 Å². The SMILES string of the molecule is CC(=O)N[C@@H]1[C@@H](O)[C@@H](O[C@H]2O[C@H](C)[C@H](N)[C@H](O[C@@H]3O[C@H](COP(=O)(O)O)[C@@H](O)[C@H](O)[C@H]3O)[C@H]2NC(C)=O)[C@@H](CO)O[C@H]1O. The molecular formula is C22H40N3O17P. The molecule has 0 aromatic rings. The van der Waals surface area contributed by atoms with Crippen LogP contribution in [0.4, 0.5) is 0 Å². The van der Waals surface area contributed by atoms with Gasteiger partial charge in [0.25, 0.3) is 0 Å². The topological polar surface area (TPSA) is 319 Å². The first-order chi connectivity index (χ1) is 19.9. The van der Waals surface area contributed by atoms with E-state index >= 15 is 0 Å². The van der Waals surface area contributed by atoms with Crippen molar-refractivity contribution < 1.29 is 82.8 Å². The summed E-state index contributed by atoms with van der Waals surface area (Å²) in [5.41, 5.74) is 6.31. The highest BCUT2D eigenvalue weighted by atomic mass is 31.2. The molecule has 3 aliphatic rings. The highest BCUT2D eigenvalue weighted by Gasteiger charge is 2.53.